The molecule has 2 atom stereocenters. The average molecular weight is 265 g/mol. The topological polar surface area (TPSA) is 67.8 Å². The van der Waals surface area contributed by atoms with E-state index in [9.17, 15) is 4.79 Å². The van der Waals surface area contributed by atoms with Gasteiger partial charge < -0.3 is 19.9 Å². The molecule has 1 aliphatic heterocycles. The fourth-order valence-electron chi connectivity index (χ4n) is 2.29. The molecule has 1 aromatic rings. The lowest BCUT2D eigenvalue weighted by Crippen LogP contribution is -2.35. The molecule has 0 aliphatic carbocycles. The van der Waals surface area contributed by atoms with Crippen LogP contribution in [-0.2, 0) is 4.79 Å². The first-order chi connectivity index (χ1) is 9.20. The minimum absolute atomic E-state index is 0.218. The van der Waals surface area contributed by atoms with Gasteiger partial charge in [0.1, 0.15) is 6.04 Å². The van der Waals surface area contributed by atoms with Gasteiger partial charge in [0.05, 0.1) is 13.7 Å². The molecular weight excluding hydrogens is 246 g/mol. The third kappa shape index (κ3) is 3.61. The number of aliphatic carboxylic acids is 1. The predicted molar refractivity (Wildman–Crippen MR) is 70.7 cm³/mol. The van der Waals surface area contributed by atoms with E-state index in [1.807, 2.05) is 24.3 Å². The second-order valence-corrected chi connectivity index (χ2v) is 4.62. The van der Waals surface area contributed by atoms with Gasteiger partial charge in [-0.05, 0) is 31.4 Å². The van der Waals surface area contributed by atoms with Gasteiger partial charge in [-0.25, -0.2) is 0 Å². The fraction of sp³-hybridized carbons (Fsp3) is 0.500. The third-order valence-corrected chi connectivity index (χ3v) is 3.33. The molecule has 104 valence electrons. The van der Waals surface area contributed by atoms with Crippen LogP contribution in [0.4, 0.5) is 0 Å². The molecule has 1 aromatic carbocycles. The number of nitrogens with one attached hydrogen (secondary N) is 1. The van der Waals surface area contributed by atoms with Gasteiger partial charge >= 0.3 is 5.97 Å². The van der Waals surface area contributed by atoms with Crippen molar-refractivity contribution in [2.45, 2.75) is 31.3 Å². The molecule has 2 N–H and O–H groups in total. The molecule has 19 heavy (non-hydrogen) atoms. The summed E-state index contributed by atoms with van der Waals surface area (Å²) in [5.74, 6) is 0.663. The number of carbonyl (C=O) groups is 1. The number of ether oxygens (including phenoxy) is 2. The molecule has 1 aliphatic rings. The highest BCUT2D eigenvalue weighted by molar-refractivity contribution is 5.73. The number of methoxy groups -OCH3 is 1. The van der Waals surface area contributed by atoms with Crippen LogP contribution in [0.1, 0.15) is 19.3 Å². The van der Waals surface area contributed by atoms with E-state index in [0.717, 1.165) is 18.6 Å². The van der Waals surface area contributed by atoms with Crippen molar-refractivity contribution in [3.05, 3.63) is 24.3 Å². The Morgan fingerprint density at radius 1 is 1.37 bits per heavy atom. The summed E-state index contributed by atoms with van der Waals surface area (Å²) in [6, 6.07) is 7.31. The van der Waals surface area contributed by atoms with E-state index >= 15 is 0 Å². The van der Waals surface area contributed by atoms with Crippen molar-refractivity contribution < 1.29 is 19.4 Å². The SMILES string of the molecule is COc1ccccc1OCCC1CCC(C(=O)O)N1. The van der Waals surface area contributed by atoms with Gasteiger partial charge in [0.25, 0.3) is 0 Å². The molecule has 0 bridgehead atoms. The Balaban J connectivity index is 1.77. The molecule has 2 rings (SSSR count). The lowest BCUT2D eigenvalue weighted by Gasteiger charge is -2.14. The lowest BCUT2D eigenvalue weighted by molar-refractivity contribution is -0.139. The van der Waals surface area contributed by atoms with Crippen LogP contribution in [0.3, 0.4) is 0 Å². The molecule has 0 spiro atoms. The van der Waals surface area contributed by atoms with Gasteiger partial charge in [0, 0.05) is 6.04 Å². The van der Waals surface area contributed by atoms with Gasteiger partial charge in [0.15, 0.2) is 11.5 Å². The van der Waals surface area contributed by atoms with Crippen LogP contribution in [0.15, 0.2) is 24.3 Å². The van der Waals surface area contributed by atoms with Crippen molar-refractivity contribution >= 4 is 5.97 Å². The normalized spacial score (nSPS) is 22.2. The smallest absolute Gasteiger partial charge is 0.320 e. The zero-order chi connectivity index (χ0) is 13.7. The van der Waals surface area contributed by atoms with Crippen LogP contribution in [-0.4, -0.2) is 36.9 Å². The first kappa shape index (κ1) is 13.7. The molecular formula is C14H19NO4. The van der Waals surface area contributed by atoms with E-state index in [-0.39, 0.29) is 6.04 Å². The Morgan fingerprint density at radius 3 is 2.74 bits per heavy atom. The van der Waals surface area contributed by atoms with Crippen LogP contribution < -0.4 is 14.8 Å². The van der Waals surface area contributed by atoms with Crippen LogP contribution in [0.5, 0.6) is 11.5 Å². The highest BCUT2D eigenvalue weighted by Crippen LogP contribution is 2.26. The molecule has 0 amide bonds. The quantitative estimate of drug-likeness (QED) is 0.819. The van der Waals surface area contributed by atoms with Crippen molar-refractivity contribution in [1.29, 1.82) is 0 Å². The minimum Gasteiger partial charge on any atom is -0.493 e. The molecule has 0 aromatic heterocycles. The van der Waals surface area contributed by atoms with Crippen molar-refractivity contribution in [2.75, 3.05) is 13.7 Å². The molecule has 1 heterocycles. The summed E-state index contributed by atoms with van der Waals surface area (Å²) in [4.78, 5) is 10.8. The summed E-state index contributed by atoms with van der Waals surface area (Å²) >= 11 is 0. The monoisotopic (exact) mass is 265 g/mol. The Bertz CT molecular complexity index is 435. The fourth-order valence-corrected chi connectivity index (χ4v) is 2.29. The summed E-state index contributed by atoms with van der Waals surface area (Å²) in [7, 11) is 1.61. The molecule has 1 fully saturated rings. The van der Waals surface area contributed by atoms with Gasteiger partial charge in [0.2, 0.25) is 0 Å². The number of benzene rings is 1. The first-order valence-corrected chi connectivity index (χ1v) is 6.45. The van der Waals surface area contributed by atoms with Crippen LogP contribution in [0.2, 0.25) is 0 Å². The predicted octanol–water partition coefficient (Wildman–Crippen LogP) is 1.67. The maximum absolute atomic E-state index is 10.8. The van der Waals surface area contributed by atoms with Crippen molar-refractivity contribution in [2.24, 2.45) is 0 Å². The summed E-state index contributed by atoms with van der Waals surface area (Å²) in [6.07, 6.45) is 2.36. The molecule has 0 radical (unpaired) electrons. The van der Waals surface area contributed by atoms with Gasteiger partial charge in [-0.15, -0.1) is 0 Å². The van der Waals surface area contributed by atoms with Gasteiger partial charge in [-0.1, -0.05) is 12.1 Å². The van der Waals surface area contributed by atoms with Crippen molar-refractivity contribution in [3.8, 4) is 11.5 Å². The second kappa shape index (κ2) is 6.43. The molecule has 5 heteroatoms. The maximum atomic E-state index is 10.8. The Hall–Kier alpha value is -1.75. The Kier molecular flexibility index (Phi) is 4.63. The number of hydrogen-bond donors (Lipinski definition) is 2. The maximum Gasteiger partial charge on any atom is 0.320 e. The summed E-state index contributed by atoms with van der Waals surface area (Å²) < 4.78 is 10.9. The zero-order valence-corrected chi connectivity index (χ0v) is 11.0. The van der Waals surface area contributed by atoms with E-state index in [4.69, 9.17) is 14.6 Å². The second-order valence-electron chi connectivity index (χ2n) is 4.62. The van der Waals surface area contributed by atoms with Crippen LogP contribution in [0.25, 0.3) is 0 Å². The number of rotatable bonds is 6. The largest absolute Gasteiger partial charge is 0.493 e. The summed E-state index contributed by atoms with van der Waals surface area (Å²) in [5.41, 5.74) is 0. The number of hydrogen-bond acceptors (Lipinski definition) is 4. The van der Waals surface area contributed by atoms with Crippen molar-refractivity contribution in [3.63, 3.8) is 0 Å². The van der Waals surface area contributed by atoms with Crippen LogP contribution in [0, 0.1) is 0 Å². The summed E-state index contributed by atoms with van der Waals surface area (Å²) in [6.45, 7) is 0.546. The van der Waals surface area contributed by atoms with Gasteiger partial charge in [-0.3, -0.25) is 4.79 Å². The number of carboxylic acids is 1. The molecule has 1 saturated heterocycles. The molecule has 0 saturated carbocycles. The van der Waals surface area contributed by atoms with E-state index in [2.05, 4.69) is 5.32 Å². The standard InChI is InChI=1S/C14H19NO4/c1-18-12-4-2-3-5-13(12)19-9-8-10-6-7-11(15-10)14(16)17/h2-5,10-11,15H,6-9H2,1H3,(H,16,17). The summed E-state index contributed by atoms with van der Waals surface area (Å²) in [5, 5.41) is 12.0. The Labute approximate surface area is 112 Å². The van der Waals surface area contributed by atoms with Gasteiger partial charge in [-0.2, -0.15) is 0 Å². The lowest BCUT2D eigenvalue weighted by atomic mass is 10.1. The highest BCUT2D eigenvalue weighted by atomic mass is 16.5. The van der Waals surface area contributed by atoms with E-state index < -0.39 is 12.0 Å². The zero-order valence-electron chi connectivity index (χ0n) is 11.0. The van der Waals surface area contributed by atoms with Crippen molar-refractivity contribution in [1.82, 2.24) is 5.32 Å². The number of para-hydroxylation sites is 2. The molecule has 2 unspecified atom stereocenters. The first-order valence-electron chi connectivity index (χ1n) is 6.45. The Morgan fingerprint density at radius 2 is 2.11 bits per heavy atom. The molecule has 5 nitrogen and oxygen atoms in total. The third-order valence-electron chi connectivity index (χ3n) is 3.33. The average Bonchev–Trinajstić information content (AvgIpc) is 2.88. The van der Waals surface area contributed by atoms with Crippen LogP contribution >= 0.6 is 0 Å². The minimum atomic E-state index is -0.770. The van der Waals surface area contributed by atoms with E-state index in [0.29, 0.717) is 18.8 Å². The highest BCUT2D eigenvalue weighted by Gasteiger charge is 2.28. The van der Waals surface area contributed by atoms with E-state index in [1.165, 1.54) is 0 Å². The number of carboxylic acid groups (broad SMARTS) is 1. The van der Waals surface area contributed by atoms with E-state index in [1.54, 1.807) is 7.11 Å².